The van der Waals surface area contributed by atoms with Crippen LogP contribution < -0.4 is 0 Å². The van der Waals surface area contributed by atoms with Gasteiger partial charge in [0.15, 0.2) is 5.69 Å². The quantitative estimate of drug-likeness (QED) is 0.429. The third-order valence-corrected chi connectivity index (χ3v) is 4.98. The summed E-state index contributed by atoms with van der Waals surface area (Å²) >= 11 is 5.85. The van der Waals surface area contributed by atoms with E-state index in [9.17, 15) is 0 Å². The Labute approximate surface area is 174 Å². The molecule has 0 N–H and O–H groups in total. The maximum absolute atomic E-state index is 5.85. The fourth-order valence-corrected chi connectivity index (χ4v) is 3.12. The number of nitrogens with zero attached hydrogens (tertiary/aromatic N) is 5. The van der Waals surface area contributed by atoms with Gasteiger partial charge in [-0.3, -0.25) is 4.68 Å². The van der Waals surface area contributed by atoms with Crippen LogP contribution in [0.5, 0.6) is 0 Å². The molecule has 0 bridgehead atoms. The van der Waals surface area contributed by atoms with Crippen molar-refractivity contribution in [2.24, 2.45) is 0 Å². The second kappa shape index (κ2) is 7.44. The summed E-state index contributed by atoms with van der Waals surface area (Å²) in [5, 5.41) is 9.21. The van der Waals surface area contributed by atoms with E-state index >= 15 is 0 Å². The Morgan fingerprint density at radius 1 is 1.07 bits per heavy atom. The molecule has 3 heterocycles. The van der Waals surface area contributed by atoms with Crippen molar-refractivity contribution in [3.63, 3.8) is 0 Å². The molecule has 4 rings (SSSR count). The summed E-state index contributed by atoms with van der Waals surface area (Å²) in [6.45, 7) is 9.14. The summed E-state index contributed by atoms with van der Waals surface area (Å²) in [5.41, 5.74) is 4.92. The van der Waals surface area contributed by atoms with Crippen LogP contribution in [0, 0.1) is 6.92 Å². The highest BCUT2D eigenvalue weighted by atomic mass is 35.5. The minimum Gasteiger partial charge on any atom is -0.332 e. The standard InChI is InChI=1S/C22H22ClN5O/c1-14-11-18(26-28(14)13-15-5-10-19(23)24-12-15)21-25-20(27-29-21)16-6-8-17(9-7-16)22(2,3)4/h5-12H,13H2,1-4H3. The largest absolute Gasteiger partial charge is 0.332 e. The first-order valence-electron chi connectivity index (χ1n) is 9.39. The molecule has 0 atom stereocenters. The Morgan fingerprint density at radius 3 is 2.48 bits per heavy atom. The normalized spacial score (nSPS) is 11.8. The summed E-state index contributed by atoms with van der Waals surface area (Å²) in [6, 6.07) is 13.9. The first-order valence-corrected chi connectivity index (χ1v) is 9.77. The first kappa shape index (κ1) is 19.3. The highest BCUT2D eigenvalue weighted by Crippen LogP contribution is 2.26. The van der Waals surface area contributed by atoms with Crippen molar-refractivity contribution in [1.82, 2.24) is 24.9 Å². The maximum Gasteiger partial charge on any atom is 0.278 e. The second-order valence-electron chi connectivity index (χ2n) is 8.07. The van der Waals surface area contributed by atoms with E-state index in [1.165, 1.54) is 5.56 Å². The molecular formula is C22H22ClN5O. The molecule has 148 valence electrons. The Balaban J connectivity index is 1.56. The first-order chi connectivity index (χ1) is 13.8. The molecule has 1 aromatic carbocycles. The van der Waals surface area contributed by atoms with Crippen LogP contribution >= 0.6 is 11.6 Å². The van der Waals surface area contributed by atoms with Gasteiger partial charge in [-0.15, -0.1) is 0 Å². The summed E-state index contributed by atoms with van der Waals surface area (Å²) in [4.78, 5) is 8.64. The average Bonchev–Trinajstić information content (AvgIpc) is 3.30. The molecule has 0 radical (unpaired) electrons. The van der Waals surface area contributed by atoms with E-state index in [1.54, 1.807) is 12.3 Å². The van der Waals surface area contributed by atoms with Gasteiger partial charge in [-0.2, -0.15) is 10.1 Å². The van der Waals surface area contributed by atoms with Crippen LogP contribution in [0.15, 0.2) is 53.2 Å². The zero-order valence-electron chi connectivity index (χ0n) is 16.8. The number of rotatable bonds is 4. The lowest BCUT2D eigenvalue weighted by Crippen LogP contribution is -2.10. The van der Waals surface area contributed by atoms with Crippen molar-refractivity contribution in [1.29, 1.82) is 0 Å². The van der Waals surface area contributed by atoms with Gasteiger partial charge in [-0.1, -0.05) is 67.9 Å². The van der Waals surface area contributed by atoms with Crippen LogP contribution in [0.4, 0.5) is 0 Å². The number of pyridine rings is 1. The van der Waals surface area contributed by atoms with E-state index in [0.717, 1.165) is 16.8 Å². The van der Waals surface area contributed by atoms with Crippen molar-refractivity contribution >= 4 is 11.6 Å². The third-order valence-electron chi connectivity index (χ3n) is 4.76. The van der Waals surface area contributed by atoms with Gasteiger partial charge in [0.1, 0.15) is 5.15 Å². The Kier molecular flexibility index (Phi) is 4.96. The van der Waals surface area contributed by atoms with Crippen molar-refractivity contribution in [2.45, 2.75) is 39.7 Å². The minimum atomic E-state index is 0.102. The fourth-order valence-electron chi connectivity index (χ4n) is 3.01. The molecule has 0 saturated carbocycles. The van der Waals surface area contributed by atoms with E-state index in [-0.39, 0.29) is 5.41 Å². The van der Waals surface area contributed by atoms with Crippen LogP contribution in [0.2, 0.25) is 5.15 Å². The van der Waals surface area contributed by atoms with Gasteiger partial charge in [-0.25, -0.2) is 4.98 Å². The van der Waals surface area contributed by atoms with Gasteiger partial charge in [-0.05, 0) is 35.6 Å². The highest BCUT2D eigenvalue weighted by Gasteiger charge is 2.17. The zero-order chi connectivity index (χ0) is 20.6. The number of hydrogen-bond donors (Lipinski definition) is 0. The van der Waals surface area contributed by atoms with E-state index in [0.29, 0.717) is 29.1 Å². The third kappa shape index (κ3) is 4.22. The predicted octanol–water partition coefficient (Wildman–Crippen LogP) is 5.30. The topological polar surface area (TPSA) is 69.6 Å². The van der Waals surface area contributed by atoms with E-state index < -0.39 is 0 Å². The lowest BCUT2D eigenvalue weighted by molar-refractivity contribution is 0.430. The molecule has 0 unspecified atom stereocenters. The summed E-state index contributed by atoms with van der Waals surface area (Å²) in [6.07, 6.45) is 1.75. The monoisotopic (exact) mass is 407 g/mol. The lowest BCUT2D eigenvalue weighted by atomic mass is 9.87. The Hall–Kier alpha value is -2.99. The molecule has 0 aliphatic carbocycles. The molecule has 4 aromatic rings. The summed E-state index contributed by atoms with van der Waals surface area (Å²) in [7, 11) is 0. The predicted molar refractivity (Wildman–Crippen MR) is 113 cm³/mol. The SMILES string of the molecule is Cc1cc(-c2nc(-c3ccc(C(C)(C)C)cc3)no2)nn1Cc1ccc(Cl)nc1. The molecule has 0 spiro atoms. The molecule has 7 heteroatoms. The number of halogens is 1. The lowest BCUT2D eigenvalue weighted by Gasteiger charge is -2.18. The smallest absolute Gasteiger partial charge is 0.278 e. The molecule has 6 nitrogen and oxygen atoms in total. The molecule has 0 fully saturated rings. The highest BCUT2D eigenvalue weighted by molar-refractivity contribution is 6.29. The van der Waals surface area contributed by atoms with Crippen LogP contribution in [0.25, 0.3) is 23.0 Å². The van der Waals surface area contributed by atoms with Crippen LogP contribution in [-0.2, 0) is 12.0 Å². The number of hydrogen-bond acceptors (Lipinski definition) is 5. The number of aromatic nitrogens is 5. The van der Waals surface area contributed by atoms with Gasteiger partial charge >= 0.3 is 0 Å². The molecule has 0 saturated heterocycles. The zero-order valence-corrected chi connectivity index (χ0v) is 17.6. The van der Waals surface area contributed by atoms with Crippen LogP contribution in [0.3, 0.4) is 0 Å². The van der Waals surface area contributed by atoms with Crippen LogP contribution in [0.1, 0.15) is 37.6 Å². The fraction of sp³-hybridized carbons (Fsp3) is 0.273. The van der Waals surface area contributed by atoms with Gasteiger partial charge in [0.25, 0.3) is 5.89 Å². The summed E-state index contributed by atoms with van der Waals surface area (Å²) < 4.78 is 7.35. The van der Waals surface area contributed by atoms with Crippen molar-refractivity contribution in [3.05, 3.63) is 70.6 Å². The van der Waals surface area contributed by atoms with Gasteiger partial charge < -0.3 is 4.52 Å². The number of aryl methyl sites for hydroxylation is 1. The van der Waals surface area contributed by atoms with Gasteiger partial charge in [0, 0.05) is 17.5 Å². The van der Waals surface area contributed by atoms with Crippen molar-refractivity contribution in [2.75, 3.05) is 0 Å². The number of benzene rings is 1. The van der Waals surface area contributed by atoms with E-state index in [1.807, 2.05) is 35.9 Å². The van der Waals surface area contributed by atoms with Crippen molar-refractivity contribution < 1.29 is 4.52 Å². The van der Waals surface area contributed by atoms with E-state index in [2.05, 4.69) is 53.1 Å². The molecule has 3 aromatic heterocycles. The molecule has 0 aliphatic heterocycles. The minimum absolute atomic E-state index is 0.102. The summed E-state index contributed by atoms with van der Waals surface area (Å²) in [5.74, 6) is 0.950. The Morgan fingerprint density at radius 2 is 1.83 bits per heavy atom. The Bertz CT molecular complexity index is 1120. The second-order valence-corrected chi connectivity index (χ2v) is 8.46. The molecule has 29 heavy (non-hydrogen) atoms. The molecular weight excluding hydrogens is 386 g/mol. The van der Waals surface area contributed by atoms with Crippen molar-refractivity contribution in [3.8, 4) is 23.0 Å². The van der Waals surface area contributed by atoms with Crippen LogP contribution in [-0.4, -0.2) is 24.9 Å². The average molecular weight is 408 g/mol. The van der Waals surface area contributed by atoms with Gasteiger partial charge in [0.05, 0.1) is 6.54 Å². The van der Waals surface area contributed by atoms with Gasteiger partial charge in [0.2, 0.25) is 5.82 Å². The van der Waals surface area contributed by atoms with E-state index in [4.69, 9.17) is 16.1 Å². The molecule has 0 amide bonds. The maximum atomic E-state index is 5.85. The molecule has 0 aliphatic rings.